The predicted molar refractivity (Wildman–Crippen MR) is 105 cm³/mol. The first-order valence-electron chi connectivity index (χ1n) is 7.45. The smallest absolute Gasteiger partial charge is 0.188 e. The fraction of sp³-hybridized carbons (Fsp3) is 0.118. The van der Waals surface area contributed by atoms with Gasteiger partial charge in [0.1, 0.15) is 17.0 Å². The van der Waals surface area contributed by atoms with Crippen molar-refractivity contribution in [1.82, 2.24) is 15.0 Å². The number of nitrogens with zero attached hydrogens (tertiary/aromatic N) is 3. The van der Waals surface area contributed by atoms with Crippen LogP contribution in [0.4, 0.5) is 10.9 Å². The molecule has 4 aromatic rings. The first-order valence-corrected chi connectivity index (χ1v) is 9.94. The highest BCUT2D eigenvalue weighted by molar-refractivity contribution is 9.10. The van der Waals surface area contributed by atoms with Crippen LogP contribution < -0.4 is 5.32 Å². The molecule has 0 radical (unpaired) electrons. The first kappa shape index (κ1) is 15.7. The van der Waals surface area contributed by atoms with Crippen molar-refractivity contribution in [3.8, 4) is 11.1 Å². The van der Waals surface area contributed by atoms with E-state index in [0.29, 0.717) is 0 Å². The van der Waals surface area contributed by atoms with Gasteiger partial charge in [-0.05, 0) is 24.1 Å². The zero-order valence-corrected chi connectivity index (χ0v) is 16.0. The average Bonchev–Trinajstić information content (AvgIpc) is 3.23. The SMILES string of the molecule is CCc1sc2ncnc(Nc3nccs3)c2c1-c1ccc(Br)cc1. The lowest BCUT2D eigenvalue weighted by atomic mass is 10.0. The maximum absolute atomic E-state index is 4.48. The molecule has 0 saturated carbocycles. The Bertz CT molecular complexity index is 978. The van der Waals surface area contributed by atoms with Gasteiger partial charge in [0, 0.05) is 26.5 Å². The van der Waals surface area contributed by atoms with Crippen molar-refractivity contribution in [2.24, 2.45) is 0 Å². The Morgan fingerprint density at radius 2 is 1.96 bits per heavy atom. The quantitative estimate of drug-likeness (QED) is 0.450. The van der Waals surface area contributed by atoms with Crippen molar-refractivity contribution in [2.75, 3.05) is 5.32 Å². The Morgan fingerprint density at radius 3 is 2.67 bits per heavy atom. The lowest BCUT2D eigenvalue weighted by molar-refractivity contribution is 1.19. The lowest BCUT2D eigenvalue weighted by Gasteiger charge is -2.07. The number of benzene rings is 1. The van der Waals surface area contributed by atoms with Crippen molar-refractivity contribution in [3.63, 3.8) is 0 Å². The topological polar surface area (TPSA) is 50.7 Å². The van der Waals surface area contributed by atoms with E-state index in [0.717, 1.165) is 32.1 Å². The van der Waals surface area contributed by atoms with E-state index in [1.807, 2.05) is 5.38 Å². The van der Waals surface area contributed by atoms with E-state index in [4.69, 9.17) is 0 Å². The Balaban J connectivity index is 1.94. The van der Waals surface area contributed by atoms with Crippen LogP contribution in [0.2, 0.25) is 0 Å². The van der Waals surface area contributed by atoms with Gasteiger partial charge in [-0.15, -0.1) is 22.7 Å². The second-order valence-corrected chi connectivity index (χ2v) is 8.02. The molecule has 0 aliphatic rings. The predicted octanol–water partition coefficient (Wildman–Crippen LogP) is 5.88. The van der Waals surface area contributed by atoms with Crippen LogP contribution in [0.15, 0.2) is 46.6 Å². The van der Waals surface area contributed by atoms with Crippen molar-refractivity contribution < 1.29 is 0 Å². The molecule has 4 rings (SSSR count). The molecule has 0 aliphatic carbocycles. The number of hydrogen-bond acceptors (Lipinski definition) is 6. The molecule has 0 amide bonds. The molecule has 3 aromatic heterocycles. The first-order chi connectivity index (χ1) is 11.8. The number of hydrogen-bond donors (Lipinski definition) is 1. The second-order valence-electron chi connectivity index (χ2n) is 5.13. The number of anilines is 2. The third-order valence-electron chi connectivity index (χ3n) is 3.67. The van der Waals surface area contributed by atoms with Crippen molar-refractivity contribution in [1.29, 1.82) is 0 Å². The van der Waals surface area contributed by atoms with Crippen LogP contribution in [0.3, 0.4) is 0 Å². The number of rotatable bonds is 4. The molecule has 3 heterocycles. The summed E-state index contributed by atoms with van der Waals surface area (Å²) in [5, 5.41) is 7.19. The molecule has 0 aliphatic heterocycles. The van der Waals surface area contributed by atoms with Gasteiger partial charge in [-0.25, -0.2) is 15.0 Å². The minimum atomic E-state index is 0.809. The fourth-order valence-electron chi connectivity index (χ4n) is 2.63. The maximum Gasteiger partial charge on any atom is 0.188 e. The maximum atomic E-state index is 4.48. The van der Waals surface area contributed by atoms with Gasteiger partial charge < -0.3 is 5.32 Å². The van der Waals surface area contributed by atoms with Gasteiger partial charge in [0.15, 0.2) is 5.13 Å². The molecular formula is C17H13BrN4S2. The number of thiazole rings is 1. The van der Waals surface area contributed by atoms with Crippen LogP contribution in [0.1, 0.15) is 11.8 Å². The molecule has 7 heteroatoms. The van der Waals surface area contributed by atoms with Crippen molar-refractivity contribution in [2.45, 2.75) is 13.3 Å². The zero-order chi connectivity index (χ0) is 16.5. The molecular weight excluding hydrogens is 404 g/mol. The average molecular weight is 417 g/mol. The summed E-state index contributed by atoms with van der Waals surface area (Å²) in [5.41, 5.74) is 2.39. The summed E-state index contributed by atoms with van der Waals surface area (Å²) in [6.07, 6.45) is 4.36. The Kier molecular flexibility index (Phi) is 4.30. The molecule has 0 bridgehead atoms. The molecule has 24 heavy (non-hydrogen) atoms. The van der Waals surface area contributed by atoms with Gasteiger partial charge in [-0.3, -0.25) is 0 Å². The van der Waals surface area contributed by atoms with E-state index in [1.54, 1.807) is 35.2 Å². The highest BCUT2D eigenvalue weighted by atomic mass is 79.9. The Hall–Kier alpha value is -1.83. The lowest BCUT2D eigenvalue weighted by Crippen LogP contribution is -1.95. The van der Waals surface area contributed by atoms with Crippen LogP contribution in [-0.2, 0) is 6.42 Å². The third-order valence-corrected chi connectivity index (χ3v) is 6.13. The van der Waals surface area contributed by atoms with Gasteiger partial charge in [0.05, 0.1) is 5.39 Å². The molecule has 4 nitrogen and oxygen atoms in total. The summed E-state index contributed by atoms with van der Waals surface area (Å²) in [4.78, 5) is 15.6. The van der Waals surface area contributed by atoms with Gasteiger partial charge in [-0.1, -0.05) is 35.0 Å². The molecule has 0 saturated heterocycles. The molecule has 0 spiro atoms. The number of halogens is 1. The minimum absolute atomic E-state index is 0.809. The Morgan fingerprint density at radius 1 is 1.12 bits per heavy atom. The van der Waals surface area contributed by atoms with Crippen molar-refractivity contribution in [3.05, 3.63) is 51.5 Å². The summed E-state index contributed by atoms with van der Waals surface area (Å²) >= 11 is 6.79. The van der Waals surface area contributed by atoms with Gasteiger partial charge in [0.25, 0.3) is 0 Å². The summed E-state index contributed by atoms with van der Waals surface area (Å²) in [5.74, 6) is 0.809. The fourth-order valence-corrected chi connectivity index (χ4v) is 4.52. The van der Waals surface area contributed by atoms with E-state index in [1.165, 1.54) is 16.0 Å². The van der Waals surface area contributed by atoms with Gasteiger partial charge in [0.2, 0.25) is 0 Å². The van der Waals surface area contributed by atoms with E-state index < -0.39 is 0 Å². The molecule has 1 N–H and O–H groups in total. The monoisotopic (exact) mass is 416 g/mol. The largest absolute Gasteiger partial charge is 0.316 e. The van der Waals surface area contributed by atoms with E-state index in [-0.39, 0.29) is 0 Å². The molecule has 1 aromatic carbocycles. The standard InChI is InChI=1S/C17H13BrN4S2/c1-2-12-13(10-3-5-11(18)6-4-10)14-15(20-9-21-16(14)24-12)22-17-19-7-8-23-17/h3-9H,2H2,1H3,(H,19,20,21,22). The van der Waals surface area contributed by atoms with Crippen LogP contribution in [-0.4, -0.2) is 15.0 Å². The van der Waals surface area contributed by atoms with Crippen LogP contribution in [0.5, 0.6) is 0 Å². The van der Waals surface area contributed by atoms with E-state index in [2.05, 4.69) is 67.4 Å². The summed E-state index contributed by atoms with van der Waals surface area (Å²) in [6.45, 7) is 2.18. The normalized spacial score (nSPS) is 11.1. The summed E-state index contributed by atoms with van der Waals surface area (Å²) < 4.78 is 1.07. The number of fused-ring (bicyclic) bond motifs is 1. The molecule has 0 fully saturated rings. The van der Waals surface area contributed by atoms with Crippen LogP contribution in [0.25, 0.3) is 21.3 Å². The minimum Gasteiger partial charge on any atom is -0.316 e. The number of aryl methyl sites for hydroxylation is 1. The zero-order valence-electron chi connectivity index (χ0n) is 12.8. The van der Waals surface area contributed by atoms with Crippen LogP contribution >= 0.6 is 38.6 Å². The van der Waals surface area contributed by atoms with Crippen LogP contribution in [0, 0.1) is 0 Å². The van der Waals surface area contributed by atoms with Gasteiger partial charge in [-0.2, -0.15) is 0 Å². The molecule has 0 unspecified atom stereocenters. The van der Waals surface area contributed by atoms with E-state index in [9.17, 15) is 0 Å². The summed E-state index contributed by atoms with van der Waals surface area (Å²) in [6, 6.07) is 8.39. The number of nitrogens with one attached hydrogen (secondary N) is 1. The molecule has 120 valence electrons. The highest BCUT2D eigenvalue weighted by Gasteiger charge is 2.18. The molecule has 0 atom stereocenters. The van der Waals surface area contributed by atoms with E-state index >= 15 is 0 Å². The van der Waals surface area contributed by atoms with Crippen molar-refractivity contribution >= 4 is 59.8 Å². The second kappa shape index (κ2) is 6.58. The highest BCUT2D eigenvalue weighted by Crippen LogP contribution is 2.42. The summed E-state index contributed by atoms with van der Waals surface area (Å²) in [7, 11) is 0. The Labute approximate surface area is 155 Å². The van der Waals surface area contributed by atoms with Gasteiger partial charge >= 0.3 is 0 Å². The number of thiophene rings is 1. The third kappa shape index (κ3) is 2.83. The number of aromatic nitrogens is 3.